The van der Waals surface area contributed by atoms with Crippen molar-refractivity contribution >= 4 is 6.72 Å². The fourth-order valence-corrected chi connectivity index (χ4v) is 0.637. The fraction of sp³-hybridized carbons (Fsp3) is 0.375. The van der Waals surface area contributed by atoms with Crippen molar-refractivity contribution < 1.29 is 0 Å². The first-order valence-corrected chi connectivity index (χ1v) is 2.94. The van der Waals surface area contributed by atoms with Gasteiger partial charge in [0.05, 0.1) is 0 Å². The Balaban J connectivity index is 4.05. The maximum Gasteiger partial charge on any atom is 0.0289 e. The van der Waals surface area contributed by atoms with Crippen LogP contribution in [0.15, 0.2) is 28.4 Å². The van der Waals surface area contributed by atoms with E-state index in [1.54, 1.807) is 6.20 Å². The van der Waals surface area contributed by atoms with Gasteiger partial charge in [0.2, 0.25) is 0 Å². The second kappa shape index (κ2) is 4.07. The minimum absolute atomic E-state index is 1.14. The predicted molar refractivity (Wildman–Crippen MR) is 42.7 cm³/mol. The SMILES string of the molecule is C=N/C=C(/C)C=C(C)C. The van der Waals surface area contributed by atoms with Crippen LogP contribution in [0.1, 0.15) is 20.8 Å². The van der Waals surface area contributed by atoms with Crippen LogP contribution in [-0.2, 0) is 0 Å². The van der Waals surface area contributed by atoms with Crippen molar-refractivity contribution in [2.75, 3.05) is 0 Å². The number of nitrogens with zero attached hydrogens (tertiary/aromatic N) is 1. The molecule has 0 saturated carbocycles. The fourth-order valence-electron chi connectivity index (χ4n) is 0.637. The van der Waals surface area contributed by atoms with Crippen molar-refractivity contribution in [3.8, 4) is 0 Å². The van der Waals surface area contributed by atoms with Gasteiger partial charge in [-0.2, -0.15) is 0 Å². The lowest BCUT2D eigenvalue weighted by atomic mass is 10.2. The summed E-state index contributed by atoms with van der Waals surface area (Å²) in [6.07, 6.45) is 3.81. The summed E-state index contributed by atoms with van der Waals surface area (Å²) >= 11 is 0. The molecule has 0 aromatic carbocycles. The highest BCUT2D eigenvalue weighted by Gasteiger charge is 1.79. The van der Waals surface area contributed by atoms with Gasteiger partial charge in [-0.25, -0.2) is 0 Å². The topological polar surface area (TPSA) is 12.4 Å². The van der Waals surface area contributed by atoms with E-state index in [4.69, 9.17) is 0 Å². The number of allylic oxidation sites excluding steroid dienone is 3. The molecular weight excluding hydrogens is 110 g/mol. The Kier molecular flexibility index (Phi) is 3.69. The highest BCUT2D eigenvalue weighted by atomic mass is 14.6. The Labute approximate surface area is 56.8 Å². The van der Waals surface area contributed by atoms with Crippen LogP contribution in [0.25, 0.3) is 0 Å². The molecule has 0 radical (unpaired) electrons. The minimum atomic E-state index is 1.14. The zero-order valence-electron chi connectivity index (χ0n) is 6.31. The molecule has 0 amide bonds. The van der Waals surface area contributed by atoms with E-state index in [1.165, 1.54) is 5.57 Å². The number of hydrogen-bond donors (Lipinski definition) is 0. The molecule has 0 rings (SSSR count). The highest BCUT2D eigenvalue weighted by Crippen LogP contribution is 1.99. The molecule has 0 atom stereocenters. The van der Waals surface area contributed by atoms with E-state index in [1.807, 2.05) is 6.92 Å². The largest absolute Gasteiger partial charge is 0.272 e. The molecule has 0 bridgehead atoms. The maximum atomic E-state index is 3.63. The summed E-state index contributed by atoms with van der Waals surface area (Å²) in [5, 5.41) is 0. The lowest BCUT2D eigenvalue weighted by Gasteiger charge is -1.88. The Hall–Kier alpha value is -0.850. The highest BCUT2D eigenvalue weighted by molar-refractivity contribution is 5.28. The van der Waals surface area contributed by atoms with Crippen molar-refractivity contribution in [2.24, 2.45) is 4.99 Å². The monoisotopic (exact) mass is 123 g/mol. The third-order valence-corrected chi connectivity index (χ3v) is 0.811. The molecule has 0 aliphatic heterocycles. The van der Waals surface area contributed by atoms with Gasteiger partial charge in [-0.15, -0.1) is 0 Å². The smallest absolute Gasteiger partial charge is 0.0289 e. The van der Waals surface area contributed by atoms with Crippen LogP contribution < -0.4 is 0 Å². The molecule has 0 saturated heterocycles. The Bertz CT molecular complexity index is 148. The van der Waals surface area contributed by atoms with Crippen molar-refractivity contribution in [1.82, 2.24) is 0 Å². The standard InChI is InChI=1S/C8H13N/c1-7(2)5-8(3)6-9-4/h5-6H,4H2,1-3H3/b8-6-. The van der Waals surface area contributed by atoms with Gasteiger partial charge in [0.15, 0.2) is 0 Å². The van der Waals surface area contributed by atoms with E-state index in [-0.39, 0.29) is 0 Å². The molecule has 50 valence electrons. The van der Waals surface area contributed by atoms with Gasteiger partial charge in [-0.05, 0) is 33.1 Å². The Morgan fingerprint density at radius 1 is 1.33 bits per heavy atom. The van der Waals surface area contributed by atoms with Crippen LogP contribution in [0, 0.1) is 0 Å². The second-order valence-corrected chi connectivity index (χ2v) is 2.28. The zero-order chi connectivity index (χ0) is 7.28. The van der Waals surface area contributed by atoms with E-state index >= 15 is 0 Å². The van der Waals surface area contributed by atoms with Gasteiger partial charge in [0.25, 0.3) is 0 Å². The van der Waals surface area contributed by atoms with Gasteiger partial charge in [-0.1, -0.05) is 11.6 Å². The average Bonchev–Trinajstić information content (AvgIpc) is 1.63. The van der Waals surface area contributed by atoms with Crippen molar-refractivity contribution in [3.05, 3.63) is 23.4 Å². The van der Waals surface area contributed by atoms with Crippen LogP contribution in [0.3, 0.4) is 0 Å². The van der Waals surface area contributed by atoms with Gasteiger partial charge in [-0.3, -0.25) is 4.99 Å². The van der Waals surface area contributed by atoms with E-state index in [9.17, 15) is 0 Å². The van der Waals surface area contributed by atoms with Gasteiger partial charge in [0.1, 0.15) is 0 Å². The average molecular weight is 123 g/mol. The first-order valence-electron chi connectivity index (χ1n) is 2.94. The van der Waals surface area contributed by atoms with Gasteiger partial charge in [0, 0.05) is 6.20 Å². The third-order valence-electron chi connectivity index (χ3n) is 0.811. The molecule has 0 aliphatic rings. The van der Waals surface area contributed by atoms with E-state index in [2.05, 4.69) is 31.6 Å². The minimum Gasteiger partial charge on any atom is -0.272 e. The third kappa shape index (κ3) is 5.01. The first kappa shape index (κ1) is 8.15. The molecule has 0 aromatic heterocycles. The molecular formula is C8H13N. The van der Waals surface area contributed by atoms with Gasteiger partial charge < -0.3 is 0 Å². The normalized spacial score (nSPS) is 10.8. The molecule has 0 heterocycles. The summed E-state index contributed by atoms with van der Waals surface area (Å²) in [5.74, 6) is 0. The number of aliphatic imine (C=N–C) groups is 1. The number of hydrogen-bond acceptors (Lipinski definition) is 1. The molecule has 0 spiro atoms. The molecule has 0 N–H and O–H groups in total. The van der Waals surface area contributed by atoms with Crippen LogP contribution in [0.5, 0.6) is 0 Å². The zero-order valence-corrected chi connectivity index (χ0v) is 6.31. The van der Waals surface area contributed by atoms with E-state index in [0.717, 1.165) is 5.57 Å². The van der Waals surface area contributed by atoms with Crippen LogP contribution >= 0.6 is 0 Å². The summed E-state index contributed by atoms with van der Waals surface area (Å²) in [6, 6.07) is 0. The summed E-state index contributed by atoms with van der Waals surface area (Å²) in [6.45, 7) is 9.47. The molecule has 0 aliphatic carbocycles. The van der Waals surface area contributed by atoms with Crippen molar-refractivity contribution in [1.29, 1.82) is 0 Å². The first-order chi connectivity index (χ1) is 4.16. The van der Waals surface area contributed by atoms with Gasteiger partial charge >= 0.3 is 0 Å². The number of rotatable bonds is 2. The quantitative estimate of drug-likeness (QED) is 0.395. The summed E-state index contributed by atoms with van der Waals surface area (Å²) in [7, 11) is 0. The van der Waals surface area contributed by atoms with Crippen molar-refractivity contribution in [2.45, 2.75) is 20.8 Å². The predicted octanol–water partition coefficient (Wildman–Crippen LogP) is 2.56. The lowest BCUT2D eigenvalue weighted by Crippen LogP contribution is -1.68. The summed E-state index contributed by atoms with van der Waals surface area (Å²) in [5.41, 5.74) is 2.43. The maximum absolute atomic E-state index is 3.63. The van der Waals surface area contributed by atoms with Crippen LogP contribution in [-0.4, -0.2) is 6.72 Å². The molecule has 1 nitrogen and oxygen atoms in total. The Morgan fingerprint density at radius 2 is 1.89 bits per heavy atom. The lowest BCUT2D eigenvalue weighted by molar-refractivity contribution is 1.33. The van der Waals surface area contributed by atoms with Crippen LogP contribution in [0.4, 0.5) is 0 Å². The van der Waals surface area contributed by atoms with E-state index < -0.39 is 0 Å². The molecule has 1 heteroatoms. The summed E-state index contributed by atoms with van der Waals surface area (Å²) in [4.78, 5) is 3.63. The molecule has 0 unspecified atom stereocenters. The van der Waals surface area contributed by atoms with Crippen LogP contribution in [0.2, 0.25) is 0 Å². The molecule has 0 aromatic rings. The summed E-state index contributed by atoms with van der Waals surface area (Å²) < 4.78 is 0. The molecule has 0 fully saturated rings. The Morgan fingerprint density at radius 3 is 2.22 bits per heavy atom. The molecule has 9 heavy (non-hydrogen) atoms. The van der Waals surface area contributed by atoms with E-state index in [0.29, 0.717) is 0 Å². The second-order valence-electron chi connectivity index (χ2n) is 2.28. The van der Waals surface area contributed by atoms with Crippen molar-refractivity contribution in [3.63, 3.8) is 0 Å².